The van der Waals surface area contributed by atoms with Gasteiger partial charge in [0.05, 0.1) is 6.04 Å². The highest BCUT2D eigenvalue weighted by Crippen LogP contribution is 2.35. The molecule has 3 unspecified atom stereocenters. The van der Waals surface area contributed by atoms with Crippen LogP contribution >= 0.6 is 0 Å². The van der Waals surface area contributed by atoms with Gasteiger partial charge in [-0.25, -0.2) is 8.78 Å². The average molecular weight is 248 g/mol. The van der Waals surface area contributed by atoms with Gasteiger partial charge < -0.3 is 10.2 Å². The minimum Gasteiger partial charge on any atom is -0.307 e. The fourth-order valence-electron chi connectivity index (χ4n) is 2.80. The molecule has 1 fully saturated rings. The highest BCUT2D eigenvalue weighted by atomic mass is 19.3. The van der Waals surface area contributed by atoms with E-state index in [1.807, 2.05) is 0 Å². The predicted molar refractivity (Wildman–Crippen MR) is 67.5 cm³/mol. The number of nitrogens with zero attached hydrogens (tertiary/aromatic N) is 1. The van der Waals surface area contributed by atoms with Gasteiger partial charge in [-0.15, -0.1) is 0 Å². The Bertz CT molecular complexity index is 233. The molecule has 0 radical (unpaired) electrons. The number of likely N-dealkylation sites (N-methyl/N-ethyl adjacent to an activating group) is 1. The number of rotatable bonds is 5. The van der Waals surface area contributed by atoms with E-state index in [4.69, 9.17) is 0 Å². The van der Waals surface area contributed by atoms with Crippen molar-refractivity contribution in [3.63, 3.8) is 0 Å². The van der Waals surface area contributed by atoms with Crippen molar-refractivity contribution in [3.8, 4) is 0 Å². The van der Waals surface area contributed by atoms with Crippen LogP contribution in [0.3, 0.4) is 0 Å². The monoisotopic (exact) mass is 248 g/mol. The molecule has 1 saturated carbocycles. The third kappa shape index (κ3) is 3.88. The minimum absolute atomic E-state index is 0.0564. The first kappa shape index (κ1) is 14.8. The van der Waals surface area contributed by atoms with E-state index in [9.17, 15) is 8.78 Å². The van der Waals surface area contributed by atoms with E-state index in [-0.39, 0.29) is 5.54 Å². The summed E-state index contributed by atoms with van der Waals surface area (Å²) in [6.07, 6.45) is 2.38. The van der Waals surface area contributed by atoms with Crippen LogP contribution in [0.15, 0.2) is 0 Å². The summed E-state index contributed by atoms with van der Waals surface area (Å²) in [5, 5.41) is 3.00. The first-order valence-corrected chi connectivity index (χ1v) is 6.56. The van der Waals surface area contributed by atoms with Gasteiger partial charge in [0.25, 0.3) is 6.43 Å². The Hall–Kier alpha value is -0.220. The summed E-state index contributed by atoms with van der Waals surface area (Å²) in [6, 6.07) is -0.718. The zero-order valence-corrected chi connectivity index (χ0v) is 11.5. The summed E-state index contributed by atoms with van der Waals surface area (Å²) in [6.45, 7) is 4.48. The second kappa shape index (κ2) is 6.10. The number of hydrogen-bond donors (Lipinski definition) is 1. The van der Waals surface area contributed by atoms with Gasteiger partial charge in [0.15, 0.2) is 0 Å². The van der Waals surface area contributed by atoms with Crippen molar-refractivity contribution < 1.29 is 8.78 Å². The van der Waals surface area contributed by atoms with E-state index in [0.717, 1.165) is 12.8 Å². The molecule has 0 bridgehead atoms. The topological polar surface area (TPSA) is 15.3 Å². The van der Waals surface area contributed by atoms with Gasteiger partial charge in [0.2, 0.25) is 0 Å². The smallest absolute Gasteiger partial charge is 0.253 e. The van der Waals surface area contributed by atoms with Crippen LogP contribution in [0.5, 0.6) is 0 Å². The molecule has 0 aromatic carbocycles. The van der Waals surface area contributed by atoms with E-state index >= 15 is 0 Å². The van der Waals surface area contributed by atoms with Crippen LogP contribution in [0, 0.1) is 5.92 Å². The zero-order chi connectivity index (χ0) is 13.1. The van der Waals surface area contributed by atoms with E-state index < -0.39 is 12.5 Å². The van der Waals surface area contributed by atoms with Crippen molar-refractivity contribution in [1.82, 2.24) is 10.2 Å². The van der Waals surface area contributed by atoms with E-state index in [0.29, 0.717) is 12.5 Å². The molecule has 102 valence electrons. The normalized spacial score (nSPS) is 32.1. The maximum absolute atomic E-state index is 12.5. The van der Waals surface area contributed by atoms with Gasteiger partial charge in [0.1, 0.15) is 0 Å². The first-order chi connectivity index (χ1) is 7.87. The van der Waals surface area contributed by atoms with Crippen LogP contribution in [-0.4, -0.2) is 43.5 Å². The number of nitrogens with one attached hydrogen (secondary N) is 1. The standard InChI is InChI=1S/C13H26F2N2/c1-10-6-5-7-13(8-10,17(3)4)9-16-11(2)12(14)15/h10-12,16H,5-9H2,1-4H3. The molecule has 4 heteroatoms. The summed E-state index contributed by atoms with van der Waals surface area (Å²) < 4.78 is 25.0. The summed E-state index contributed by atoms with van der Waals surface area (Å²) in [5.41, 5.74) is 0.0564. The van der Waals surface area contributed by atoms with Gasteiger partial charge in [-0.05, 0) is 39.8 Å². The van der Waals surface area contributed by atoms with Crippen LogP contribution < -0.4 is 5.32 Å². The van der Waals surface area contributed by atoms with Gasteiger partial charge >= 0.3 is 0 Å². The Kier molecular flexibility index (Phi) is 5.32. The molecule has 0 amide bonds. The van der Waals surface area contributed by atoms with Crippen molar-refractivity contribution in [2.24, 2.45) is 5.92 Å². The number of alkyl halides is 2. The molecule has 0 heterocycles. The predicted octanol–water partition coefficient (Wildman–Crippen LogP) is 2.74. The molecule has 0 saturated heterocycles. The van der Waals surface area contributed by atoms with Gasteiger partial charge in [-0.1, -0.05) is 19.8 Å². The second-order valence-electron chi connectivity index (χ2n) is 5.82. The fraction of sp³-hybridized carbons (Fsp3) is 1.00. The molecule has 0 aliphatic heterocycles. The zero-order valence-electron chi connectivity index (χ0n) is 11.5. The lowest BCUT2D eigenvalue weighted by atomic mass is 9.75. The summed E-state index contributed by atoms with van der Waals surface area (Å²) in [5.74, 6) is 0.690. The van der Waals surface area contributed by atoms with Crippen molar-refractivity contribution in [1.29, 1.82) is 0 Å². The Morgan fingerprint density at radius 2 is 2.06 bits per heavy atom. The SMILES string of the molecule is CC1CCCC(CNC(C)C(F)F)(N(C)C)C1. The number of halogens is 2. The maximum Gasteiger partial charge on any atom is 0.253 e. The fourth-order valence-corrected chi connectivity index (χ4v) is 2.80. The van der Waals surface area contributed by atoms with Gasteiger partial charge in [-0.2, -0.15) is 0 Å². The van der Waals surface area contributed by atoms with E-state index in [1.54, 1.807) is 6.92 Å². The molecule has 0 spiro atoms. The van der Waals surface area contributed by atoms with Crippen LogP contribution in [0.2, 0.25) is 0 Å². The first-order valence-electron chi connectivity index (χ1n) is 6.56. The maximum atomic E-state index is 12.5. The third-order valence-corrected chi connectivity index (χ3v) is 4.15. The Morgan fingerprint density at radius 3 is 2.53 bits per heavy atom. The molecular formula is C13H26F2N2. The van der Waals surface area contributed by atoms with Crippen molar-refractivity contribution in [2.75, 3.05) is 20.6 Å². The lowest BCUT2D eigenvalue weighted by Gasteiger charge is -2.46. The molecule has 0 aromatic heterocycles. The molecule has 1 aliphatic rings. The average Bonchev–Trinajstić information content (AvgIpc) is 2.25. The summed E-state index contributed by atoms with van der Waals surface area (Å²) in [7, 11) is 4.12. The van der Waals surface area contributed by atoms with Crippen molar-refractivity contribution in [3.05, 3.63) is 0 Å². The van der Waals surface area contributed by atoms with Crippen LogP contribution in [0.25, 0.3) is 0 Å². The van der Waals surface area contributed by atoms with E-state index in [1.165, 1.54) is 12.8 Å². The molecule has 1 rings (SSSR count). The molecule has 0 aromatic rings. The van der Waals surface area contributed by atoms with E-state index in [2.05, 4.69) is 31.2 Å². The van der Waals surface area contributed by atoms with Crippen molar-refractivity contribution in [2.45, 2.75) is 57.5 Å². The summed E-state index contributed by atoms with van der Waals surface area (Å²) in [4.78, 5) is 2.22. The quantitative estimate of drug-likeness (QED) is 0.805. The lowest BCUT2D eigenvalue weighted by Crippen LogP contribution is -2.56. The highest BCUT2D eigenvalue weighted by Gasteiger charge is 2.37. The van der Waals surface area contributed by atoms with Crippen LogP contribution in [0.1, 0.15) is 39.5 Å². The largest absolute Gasteiger partial charge is 0.307 e. The van der Waals surface area contributed by atoms with Crippen molar-refractivity contribution >= 4 is 0 Å². The molecule has 17 heavy (non-hydrogen) atoms. The molecule has 3 atom stereocenters. The van der Waals surface area contributed by atoms with Gasteiger partial charge in [0, 0.05) is 12.1 Å². The third-order valence-electron chi connectivity index (χ3n) is 4.15. The lowest BCUT2D eigenvalue weighted by molar-refractivity contribution is 0.0545. The highest BCUT2D eigenvalue weighted by molar-refractivity contribution is 4.95. The van der Waals surface area contributed by atoms with Crippen LogP contribution in [0.4, 0.5) is 8.78 Å². The summed E-state index contributed by atoms with van der Waals surface area (Å²) >= 11 is 0. The molecular weight excluding hydrogens is 222 g/mol. The van der Waals surface area contributed by atoms with Gasteiger partial charge in [-0.3, -0.25) is 0 Å². The Labute approximate surface area is 104 Å². The Balaban J connectivity index is 2.59. The second-order valence-corrected chi connectivity index (χ2v) is 5.82. The minimum atomic E-state index is -2.28. The number of hydrogen-bond acceptors (Lipinski definition) is 2. The molecule has 1 aliphatic carbocycles. The Morgan fingerprint density at radius 1 is 1.41 bits per heavy atom. The van der Waals surface area contributed by atoms with Crippen LogP contribution in [-0.2, 0) is 0 Å². The molecule has 1 N–H and O–H groups in total. The molecule has 2 nitrogen and oxygen atoms in total.